The minimum atomic E-state index is -0.955. The number of carboxylic acid groups (broad SMARTS) is 1. The summed E-state index contributed by atoms with van der Waals surface area (Å²) in [7, 11) is 0. The van der Waals surface area contributed by atoms with Crippen LogP contribution in [0.15, 0.2) is 53.0 Å². The molecular formula is C15H12BrNO4. The Morgan fingerprint density at radius 2 is 1.90 bits per heavy atom. The summed E-state index contributed by atoms with van der Waals surface area (Å²) in [6.07, 6.45) is 0.326. The summed E-state index contributed by atoms with van der Waals surface area (Å²) in [5.74, 6) is -1.69. The van der Waals surface area contributed by atoms with Gasteiger partial charge in [-0.15, -0.1) is 0 Å². The first-order valence-corrected chi connectivity index (χ1v) is 6.98. The molecule has 21 heavy (non-hydrogen) atoms. The predicted molar refractivity (Wildman–Crippen MR) is 81.3 cm³/mol. The lowest BCUT2D eigenvalue weighted by Crippen LogP contribution is -2.14. The number of non-ortho nitro benzene ring substituents is 1. The van der Waals surface area contributed by atoms with E-state index in [0.717, 1.165) is 10.0 Å². The van der Waals surface area contributed by atoms with Crippen LogP contribution < -0.4 is 0 Å². The van der Waals surface area contributed by atoms with Crippen LogP contribution in [0.3, 0.4) is 0 Å². The molecule has 0 bridgehead atoms. The average molecular weight is 350 g/mol. The number of nitrogens with zero attached hydrogens (tertiary/aromatic N) is 1. The molecule has 0 aliphatic heterocycles. The van der Waals surface area contributed by atoms with Gasteiger partial charge in [0.05, 0.1) is 10.8 Å². The first-order valence-electron chi connectivity index (χ1n) is 6.19. The Hall–Kier alpha value is -2.21. The maximum Gasteiger partial charge on any atom is 0.311 e. The molecule has 1 N–H and O–H groups in total. The molecule has 0 amide bonds. The van der Waals surface area contributed by atoms with Gasteiger partial charge in [-0.2, -0.15) is 0 Å². The van der Waals surface area contributed by atoms with Gasteiger partial charge >= 0.3 is 5.97 Å². The fraction of sp³-hybridized carbons (Fsp3) is 0.133. The molecule has 2 rings (SSSR count). The summed E-state index contributed by atoms with van der Waals surface area (Å²) in [5, 5.41) is 20.0. The van der Waals surface area contributed by atoms with E-state index in [2.05, 4.69) is 15.9 Å². The summed E-state index contributed by atoms with van der Waals surface area (Å²) in [5.41, 5.74) is 1.38. The molecule has 0 aliphatic rings. The number of carboxylic acids is 1. The number of aliphatic carboxylic acids is 1. The molecule has 0 saturated carbocycles. The molecule has 0 saturated heterocycles. The van der Waals surface area contributed by atoms with Crippen molar-refractivity contribution in [2.45, 2.75) is 12.3 Å². The molecule has 0 fully saturated rings. The van der Waals surface area contributed by atoms with Gasteiger partial charge in [-0.1, -0.05) is 40.2 Å². The van der Waals surface area contributed by atoms with Crippen LogP contribution in [-0.4, -0.2) is 16.0 Å². The molecule has 0 radical (unpaired) electrons. The van der Waals surface area contributed by atoms with Crippen LogP contribution in [0.5, 0.6) is 0 Å². The van der Waals surface area contributed by atoms with E-state index >= 15 is 0 Å². The molecule has 0 aromatic heterocycles. The average Bonchev–Trinajstić information content (AvgIpc) is 2.44. The molecular weight excluding hydrogens is 338 g/mol. The number of rotatable bonds is 5. The van der Waals surface area contributed by atoms with Crippen molar-refractivity contribution in [3.05, 3.63) is 74.2 Å². The van der Waals surface area contributed by atoms with E-state index in [1.807, 2.05) is 24.3 Å². The highest BCUT2D eigenvalue weighted by Crippen LogP contribution is 2.25. The Kier molecular flexibility index (Phi) is 4.70. The van der Waals surface area contributed by atoms with Crippen LogP contribution in [0.1, 0.15) is 17.0 Å². The van der Waals surface area contributed by atoms with Crippen LogP contribution in [0.25, 0.3) is 0 Å². The van der Waals surface area contributed by atoms with Gasteiger partial charge in [-0.25, -0.2) is 0 Å². The van der Waals surface area contributed by atoms with Crippen molar-refractivity contribution in [2.24, 2.45) is 0 Å². The zero-order valence-electron chi connectivity index (χ0n) is 10.9. The number of hydrogen-bond donors (Lipinski definition) is 1. The van der Waals surface area contributed by atoms with Crippen molar-refractivity contribution in [1.82, 2.24) is 0 Å². The van der Waals surface area contributed by atoms with Crippen molar-refractivity contribution >= 4 is 27.6 Å². The van der Waals surface area contributed by atoms with Crippen molar-refractivity contribution in [3.8, 4) is 0 Å². The normalized spacial score (nSPS) is 11.9. The van der Waals surface area contributed by atoms with Crippen LogP contribution in [0.4, 0.5) is 5.69 Å². The first-order chi connectivity index (χ1) is 9.97. The minimum Gasteiger partial charge on any atom is -0.481 e. The smallest absolute Gasteiger partial charge is 0.311 e. The van der Waals surface area contributed by atoms with Gasteiger partial charge in [0.1, 0.15) is 0 Å². The second kappa shape index (κ2) is 6.49. The predicted octanol–water partition coefficient (Wildman–Crippen LogP) is 3.77. The topological polar surface area (TPSA) is 80.4 Å². The Balaban J connectivity index is 2.26. The first kappa shape index (κ1) is 15.2. The molecule has 0 heterocycles. The van der Waals surface area contributed by atoms with Gasteiger partial charge in [0.25, 0.3) is 5.69 Å². The van der Waals surface area contributed by atoms with E-state index in [9.17, 15) is 20.0 Å². The third kappa shape index (κ3) is 3.88. The summed E-state index contributed by atoms with van der Waals surface area (Å²) in [6, 6.07) is 13.1. The summed E-state index contributed by atoms with van der Waals surface area (Å²) >= 11 is 3.35. The molecule has 0 aliphatic carbocycles. The second-order valence-corrected chi connectivity index (χ2v) is 5.49. The van der Waals surface area contributed by atoms with Crippen LogP contribution in [0, 0.1) is 10.1 Å². The highest BCUT2D eigenvalue weighted by Gasteiger charge is 2.21. The number of benzene rings is 2. The SMILES string of the molecule is O=C(O)C(Cc1cccc(Br)c1)c1ccc([N+](=O)[O-])cc1. The van der Waals surface area contributed by atoms with E-state index < -0.39 is 16.8 Å². The third-order valence-electron chi connectivity index (χ3n) is 3.13. The van der Waals surface area contributed by atoms with Crippen LogP contribution in [-0.2, 0) is 11.2 Å². The number of hydrogen-bond acceptors (Lipinski definition) is 3. The number of carbonyl (C=O) groups is 1. The Labute approximate surface area is 129 Å². The molecule has 6 heteroatoms. The van der Waals surface area contributed by atoms with Crippen molar-refractivity contribution in [2.75, 3.05) is 0 Å². The third-order valence-corrected chi connectivity index (χ3v) is 3.63. The standard InChI is InChI=1S/C15H12BrNO4/c16-12-3-1-2-10(8-12)9-14(15(18)19)11-4-6-13(7-5-11)17(20)21/h1-8,14H,9H2,(H,18,19). The molecule has 0 spiro atoms. The molecule has 5 nitrogen and oxygen atoms in total. The van der Waals surface area contributed by atoms with Crippen molar-refractivity contribution < 1.29 is 14.8 Å². The second-order valence-electron chi connectivity index (χ2n) is 4.57. The number of nitro groups is 1. The monoisotopic (exact) mass is 349 g/mol. The van der Waals surface area contributed by atoms with E-state index in [1.54, 1.807) is 0 Å². The van der Waals surface area contributed by atoms with Gasteiger partial charge in [0.2, 0.25) is 0 Å². The lowest BCUT2D eigenvalue weighted by molar-refractivity contribution is -0.384. The van der Waals surface area contributed by atoms with Crippen LogP contribution >= 0.6 is 15.9 Å². The fourth-order valence-electron chi connectivity index (χ4n) is 2.08. The summed E-state index contributed by atoms with van der Waals surface area (Å²) < 4.78 is 0.882. The van der Waals surface area contributed by atoms with Gasteiger partial charge in [0, 0.05) is 16.6 Å². The minimum absolute atomic E-state index is 0.0506. The number of halogens is 1. The zero-order valence-corrected chi connectivity index (χ0v) is 12.5. The lowest BCUT2D eigenvalue weighted by Gasteiger charge is -2.13. The maximum absolute atomic E-state index is 11.5. The van der Waals surface area contributed by atoms with Gasteiger partial charge in [0.15, 0.2) is 0 Å². The summed E-state index contributed by atoms with van der Waals surface area (Å²) in [6.45, 7) is 0. The molecule has 108 valence electrons. The summed E-state index contributed by atoms with van der Waals surface area (Å²) in [4.78, 5) is 21.6. The lowest BCUT2D eigenvalue weighted by atomic mass is 9.92. The van der Waals surface area contributed by atoms with E-state index in [4.69, 9.17) is 0 Å². The van der Waals surface area contributed by atoms with E-state index in [-0.39, 0.29) is 5.69 Å². The highest BCUT2D eigenvalue weighted by atomic mass is 79.9. The zero-order chi connectivity index (χ0) is 15.4. The highest BCUT2D eigenvalue weighted by molar-refractivity contribution is 9.10. The van der Waals surface area contributed by atoms with Crippen molar-refractivity contribution in [3.63, 3.8) is 0 Å². The molecule has 2 aromatic carbocycles. The van der Waals surface area contributed by atoms with Crippen molar-refractivity contribution in [1.29, 1.82) is 0 Å². The van der Waals surface area contributed by atoms with Crippen LogP contribution in [0.2, 0.25) is 0 Å². The molecule has 1 atom stereocenters. The maximum atomic E-state index is 11.5. The molecule has 1 unspecified atom stereocenters. The molecule has 2 aromatic rings. The quantitative estimate of drug-likeness (QED) is 0.658. The van der Waals surface area contributed by atoms with Gasteiger partial charge < -0.3 is 5.11 Å². The van der Waals surface area contributed by atoms with E-state index in [0.29, 0.717) is 12.0 Å². The Morgan fingerprint density at radius 3 is 2.43 bits per heavy atom. The van der Waals surface area contributed by atoms with E-state index in [1.165, 1.54) is 24.3 Å². The van der Waals surface area contributed by atoms with Gasteiger partial charge in [-0.05, 0) is 29.7 Å². The Morgan fingerprint density at radius 1 is 1.24 bits per heavy atom. The van der Waals surface area contributed by atoms with Gasteiger partial charge in [-0.3, -0.25) is 14.9 Å². The largest absolute Gasteiger partial charge is 0.481 e. The number of nitro benzene ring substituents is 1. The fourth-order valence-corrected chi connectivity index (χ4v) is 2.52. The Bertz CT molecular complexity index is 670.